The standard InChI is InChI=1S/C43H37BN2/c1-6-28-14-12-16-30-31(28)22-33-38(30)25(3)21-37-41(33)44(35-18-11-13-24(2)26(35)4)36-23-32-29-15-7-8-17-34(29)43(19-9-10-20-43)40(32)39-27(5)45-46(37)42(36)39/h6-8,11-18,21,23H,1,9-10,19-20,22H2,2-5H3. The molecule has 0 amide bonds. The summed E-state index contributed by atoms with van der Waals surface area (Å²) in [4.78, 5) is 0. The highest BCUT2D eigenvalue weighted by atomic mass is 15.3. The summed E-state index contributed by atoms with van der Waals surface area (Å²) in [6.45, 7) is 13.5. The van der Waals surface area contributed by atoms with Crippen LogP contribution in [-0.2, 0) is 11.8 Å². The molecule has 0 unspecified atom stereocenters. The molecule has 0 radical (unpaired) electrons. The molecular weight excluding hydrogens is 555 g/mol. The zero-order valence-corrected chi connectivity index (χ0v) is 27.2. The van der Waals surface area contributed by atoms with Crippen molar-refractivity contribution in [2.75, 3.05) is 0 Å². The highest BCUT2D eigenvalue weighted by molar-refractivity contribution is 6.98. The lowest BCUT2D eigenvalue weighted by Crippen LogP contribution is -2.58. The monoisotopic (exact) mass is 592 g/mol. The van der Waals surface area contributed by atoms with Crippen molar-refractivity contribution in [1.82, 2.24) is 9.78 Å². The fourth-order valence-corrected chi connectivity index (χ4v) is 10.3. The molecule has 0 atom stereocenters. The highest BCUT2D eigenvalue weighted by Crippen LogP contribution is 2.59. The van der Waals surface area contributed by atoms with Crippen LogP contribution < -0.4 is 16.4 Å². The van der Waals surface area contributed by atoms with Crippen LogP contribution in [-0.4, -0.2) is 16.5 Å². The second-order valence-corrected chi connectivity index (χ2v) is 14.4. The molecule has 1 spiro atoms. The molecule has 10 rings (SSSR count). The van der Waals surface area contributed by atoms with E-state index in [0.29, 0.717) is 0 Å². The lowest BCUT2D eigenvalue weighted by atomic mass is 9.33. The van der Waals surface area contributed by atoms with Crippen LogP contribution in [0.1, 0.15) is 75.9 Å². The number of aryl methyl sites for hydroxylation is 3. The first kappa shape index (κ1) is 26.6. The van der Waals surface area contributed by atoms with E-state index < -0.39 is 0 Å². The number of aromatic nitrogens is 2. The summed E-state index contributed by atoms with van der Waals surface area (Å²) in [5, 5.41) is 6.88. The second kappa shape index (κ2) is 9.00. The van der Waals surface area contributed by atoms with E-state index >= 15 is 0 Å². The molecule has 1 fully saturated rings. The summed E-state index contributed by atoms with van der Waals surface area (Å²) in [6.07, 6.45) is 7.98. The molecule has 1 aliphatic heterocycles. The van der Waals surface area contributed by atoms with Crippen molar-refractivity contribution in [3.05, 3.63) is 130 Å². The molecule has 2 nitrogen and oxygen atoms in total. The van der Waals surface area contributed by atoms with Gasteiger partial charge in [0.15, 0.2) is 0 Å². The molecule has 46 heavy (non-hydrogen) atoms. The third-order valence-electron chi connectivity index (χ3n) is 12.3. The predicted octanol–water partition coefficient (Wildman–Crippen LogP) is 8.14. The Balaban J connectivity index is 1.37. The first-order chi connectivity index (χ1) is 22.4. The van der Waals surface area contributed by atoms with Gasteiger partial charge in [-0.3, -0.25) is 0 Å². The number of rotatable bonds is 2. The Labute approximate surface area is 271 Å². The van der Waals surface area contributed by atoms with Gasteiger partial charge in [0.2, 0.25) is 6.71 Å². The predicted molar refractivity (Wildman–Crippen MR) is 194 cm³/mol. The molecule has 1 aromatic heterocycles. The lowest BCUT2D eigenvalue weighted by molar-refractivity contribution is 0.554. The quantitative estimate of drug-likeness (QED) is 0.185. The Morgan fingerprint density at radius 3 is 2.41 bits per heavy atom. The van der Waals surface area contributed by atoms with Crippen molar-refractivity contribution in [2.45, 2.75) is 65.2 Å². The molecule has 5 aromatic carbocycles. The molecule has 1 saturated carbocycles. The number of hydrogen-bond acceptors (Lipinski definition) is 1. The number of fused-ring (bicyclic) bond motifs is 12. The number of hydrogen-bond donors (Lipinski definition) is 0. The van der Waals surface area contributed by atoms with E-state index in [2.05, 4.69) is 112 Å². The molecule has 4 aliphatic rings. The maximum absolute atomic E-state index is 5.47. The molecule has 0 N–H and O–H groups in total. The van der Waals surface area contributed by atoms with E-state index in [4.69, 9.17) is 5.10 Å². The van der Waals surface area contributed by atoms with Gasteiger partial charge in [0.25, 0.3) is 0 Å². The van der Waals surface area contributed by atoms with Crippen LogP contribution in [0.3, 0.4) is 0 Å². The fraction of sp³-hybridized carbons (Fsp3) is 0.233. The van der Waals surface area contributed by atoms with E-state index in [-0.39, 0.29) is 12.1 Å². The first-order valence-corrected chi connectivity index (χ1v) is 17.1. The van der Waals surface area contributed by atoms with Crippen LogP contribution in [0.15, 0.2) is 79.4 Å². The Hall–Kier alpha value is -4.63. The normalized spacial score (nSPS) is 16.0. The Kier molecular flexibility index (Phi) is 5.20. The third kappa shape index (κ3) is 3.07. The molecule has 0 saturated heterocycles. The summed E-state index contributed by atoms with van der Waals surface area (Å²) in [7, 11) is 0. The number of nitrogens with zero attached hydrogens (tertiary/aromatic N) is 2. The van der Waals surface area contributed by atoms with Crippen molar-refractivity contribution in [3.8, 4) is 27.9 Å². The Morgan fingerprint density at radius 2 is 1.59 bits per heavy atom. The minimum atomic E-state index is 0.0920. The van der Waals surface area contributed by atoms with Gasteiger partial charge >= 0.3 is 0 Å². The van der Waals surface area contributed by atoms with Gasteiger partial charge in [-0.15, -0.1) is 0 Å². The van der Waals surface area contributed by atoms with Gasteiger partial charge in [0, 0.05) is 10.8 Å². The Morgan fingerprint density at radius 1 is 0.804 bits per heavy atom. The third-order valence-corrected chi connectivity index (χ3v) is 12.3. The summed E-state index contributed by atoms with van der Waals surface area (Å²) < 4.78 is 2.35. The van der Waals surface area contributed by atoms with E-state index in [1.807, 2.05) is 6.08 Å². The molecule has 6 aromatic rings. The summed E-state index contributed by atoms with van der Waals surface area (Å²) in [5.74, 6) is 0. The van der Waals surface area contributed by atoms with Crippen LogP contribution in [0.4, 0.5) is 0 Å². The highest BCUT2D eigenvalue weighted by Gasteiger charge is 2.49. The molecular formula is C43H37BN2. The van der Waals surface area contributed by atoms with E-state index in [9.17, 15) is 0 Å². The van der Waals surface area contributed by atoms with E-state index in [1.165, 1.54) is 120 Å². The van der Waals surface area contributed by atoms with Gasteiger partial charge in [0.05, 0.1) is 16.9 Å². The van der Waals surface area contributed by atoms with Crippen molar-refractivity contribution in [2.24, 2.45) is 0 Å². The van der Waals surface area contributed by atoms with Crippen molar-refractivity contribution in [3.63, 3.8) is 0 Å². The van der Waals surface area contributed by atoms with Crippen LogP contribution in [0, 0.1) is 27.7 Å². The molecule has 3 aliphatic carbocycles. The SMILES string of the molecule is C=Cc1cccc2c1Cc1c3c(cc(C)c1-2)-n1nc(C)c2c4c(cc(c21)B3c1cccc(C)c1C)-c1ccccc1C41CCCC1. The molecule has 2 heterocycles. The zero-order chi connectivity index (χ0) is 31.1. The van der Waals surface area contributed by atoms with E-state index in [1.54, 1.807) is 5.56 Å². The van der Waals surface area contributed by atoms with Gasteiger partial charge in [-0.1, -0.05) is 103 Å². The fourth-order valence-electron chi connectivity index (χ4n) is 10.3. The smallest absolute Gasteiger partial charge is 0.234 e. The molecule has 0 bridgehead atoms. The summed E-state index contributed by atoms with van der Waals surface area (Å²) in [6, 6.07) is 28.0. The van der Waals surface area contributed by atoms with Gasteiger partial charge in [-0.25, -0.2) is 4.68 Å². The maximum Gasteiger partial charge on any atom is 0.247 e. The van der Waals surface area contributed by atoms with Crippen molar-refractivity contribution < 1.29 is 0 Å². The second-order valence-electron chi connectivity index (χ2n) is 14.4. The van der Waals surface area contributed by atoms with Gasteiger partial charge in [0.1, 0.15) is 0 Å². The van der Waals surface area contributed by atoms with Crippen LogP contribution in [0.25, 0.3) is 44.9 Å². The largest absolute Gasteiger partial charge is 0.247 e. The van der Waals surface area contributed by atoms with Crippen molar-refractivity contribution >= 4 is 40.1 Å². The Bertz CT molecular complexity index is 2360. The molecule has 222 valence electrons. The van der Waals surface area contributed by atoms with Gasteiger partial charge < -0.3 is 0 Å². The van der Waals surface area contributed by atoms with Gasteiger partial charge in [-0.05, 0) is 125 Å². The van der Waals surface area contributed by atoms with Crippen LogP contribution >= 0.6 is 0 Å². The topological polar surface area (TPSA) is 17.8 Å². The minimum absolute atomic E-state index is 0.0920. The van der Waals surface area contributed by atoms with Crippen LogP contribution in [0.2, 0.25) is 0 Å². The maximum atomic E-state index is 5.47. The zero-order valence-electron chi connectivity index (χ0n) is 27.2. The summed E-state index contributed by atoms with van der Waals surface area (Å²) in [5.41, 5.74) is 25.0. The van der Waals surface area contributed by atoms with E-state index in [0.717, 1.165) is 12.1 Å². The van der Waals surface area contributed by atoms with Crippen LogP contribution in [0.5, 0.6) is 0 Å². The summed E-state index contributed by atoms with van der Waals surface area (Å²) >= 11 is 0. The lowest BCUT2D eigenvalue weighted by Gasteiger charge is -2.32. The van der Waals surface area contributed by atoms with Gasteiger partial charge in [-0.2, -0.15) is 5.10 Å². The average Bonchev–Trinajstić information content (AvgIpc) is 3.84. The average molecular weight is 593 g/mol. The minimum Gasteiger partial charge on any atom is -0.234 e. The molecule has 3 heteroatoms. The number of benzene rings is 5. The van der Waals surface area contributed by atoms with Crippen molar-refractivity contribution in [1.29, 1.82) is 0 Å². The first-order valence-electron chi connectivity index (χ1n) is 17.1.